The molecule has 4 heteroatoms. The summed E-state index contributed by atoms with van der Waals surface area (Å²) in [5, 5.41) is 2.58. The maximum absolute atomic E-state index is 5.84. The van der Waals surface area contributed by atoms with Crippen LogP contribution in [0.4, 0.5) is 0 Å². The van der Waals surface area contributed by atoms with Crippen molar-refractivity contribution in [1.29, 1.82) is 0 Å². The number of hydrogen-bond donors (Lipinski definition) is 0. The van der Waals surface area contributed by atoms with E-state index in [2.05, 4.69) is 54.4 Å². The fourth-order valence-corrected chi connectivity index (χ4v) is 4.47. The van der Waals surface area contributed by atoms with Crippen molar-refractivity contribution in [2.45, 2.75) is 31.3 Å². The van der Waals surface area contributed by atoms with Crippen LogP contribution in [0.25, 0.3) is 16.3 Å². The SMILES string of the molecule is COSCCOc1ccc2c(C3=CC4CCC(C3)N4C)cccc2c1. The molecule has 0 spiro atoms. The van der Waals surface area contributed by atoms with Crippen LogP contribution in [0.3, 0.4) is 0 Å². The minimum absolute atomic E-state index is 0.616. The van der Waals surface area contributed by atoms with Gasteiger partial charge in [-0.15, -0.1) is 0 Å². The van der Waals surface area contributed by atoms with Crippen molar-refractivity contribution in [3.63, 3.8) is 0 Å². The van der Waals surface area contributed by atoms with Gasteiger partial charge in [0.2, 0.25) is 0 Å². The van der Waals surface area contributed by atoms with E-state index in [0.717, 1.165) is 11.5 Å². The molecule has 0 aliphatic carbocycles. The Morgan fingerprint density at radius 3 is 2.96 bits per heavy atom. The third-order valence-corrected chi connectivity index (χ3v) is 6.06. The van der Waals surface area contributed by atoms with Crippen LogP contribution in [0.1, 0.15) is 24.8 Å². The smallest absolute Gasteiger partial charge is 0.119 e. The highest BCUT2D eigenvalue weighted by Gasteiger charge is 2.34. The van der Waals surface area contributed by atoms with Gasteiger partial charge in [0.15, 0.2) is 0 Å². The van der Waals surface area contributed by atoms with Gasteiger partial charge in [-0.25, -0.2) is 0 Å². The fraction of sp³-hybridized carbons (Fsp3) is 0.429. The average Bonchev–Trinajstić information content (AvgIpc) is 2.85. The van der Waals surface area contributed by atoms with Crippen LogP contribution in [-0.2, 0) is 4.18 Å². The lowest BCUT2D eigenvalue weighted by Gasteiger charge is -2.30. The molecule has 2 atom stereocenters. The molecule has 2 bridgehead atoms. The maximum atomic E-state index is 5.84. The number of benzene rings is 2. The summed E-state index contributed by atoms with van der Waals surface area (Å²) < 4.78 is 10.8. The Morgan fingerprint density at radius 1 is 1.20 bits per heavy atom. The van der Waals surface area contributed by atoms with E-state index < -0.39 is 0 Å². The van der Waals surface area contributed by atoms with E-state index in [-0.39, 0.29) is 0 Å². The van der Waals surface area contributed by atoms with Crippen LogP contribution >= 0.6 is 12.0 Å². The van der Waals surface area contributed by atoms with Crippen molar-refractivity contribution >= 4 is 28.4 Å². The summed E-state index contributed by atoms with van der Waals surface area (Å²) in [6.45, 7) is 0.657. The van der Waals surface area contributed by atoms with Crippen molar-refractivity contribution in [1.82, 2.24) is 4.90 Å². The summed E-state index contributed by atoms with van der Waals surface area (Å²) in [6, 6.07) is 14.4. The molecule has 4 rings (SSSR count). The summed E-state index contributed by atoms with van der Waals surface area (Å²) in [4.78, 5) is 2.54. The van der Waals surface area contributed by atoms with Crippen LogP contribution in [-0.4, -0.2) is 43.5 Å². The zero-order chi connectivity index (χ0) is 17.2. The molecule has 2 aliphatic rings. The molecule has 0 aromatic heterocycles. The highest BCUT2D eigenvalue weighted by molar-refractivity contribution is 7.94. The predicted octanol–water partition coefficient (Wildman–Crippen LogP) is 4.76. The largest absolute Gasteiger partial charge is 0.493 e. The van der Waals surface area contributed by atoms with E-state index in [0.29, 0.717) is 18.7 Å². The molecule has 132 valence electrons. The molecule has 0 N–H and O–H groups in total. The number of ether oxygens (including phenoxy) is 1. The summed E-state index contributed by atoms with van der Waals surface area (Å²) >= 11 is 1.42. The second-order valence-electron chi connectivity index (χ2n) is 6.89. The van der Waals surface area contributed by atoms with E-state index in [9.17, 15) is 0 Å². The molecular formula is C21H25NO2S. The molecule has 3 nitrogen and oxygen atoms in total. The zero-order valence-corrected chi connectivity index (χ0v) is 15.7. The number of fused-ring (bicyclic) bond motifs is 3. The molecule has 2 aromatic rings. The minimum Gasteiger partial charge on any atom is -0.493 e. The normalized spacial score (nSPS) is 23.0. The molecule has 2 unspecified atom stereocenters. The standard InChI is InChI=1S/C21H25NO2S/c1-22-17-6-7-18(22)13-16(12-17)20-5-3-4-15-14-19(8-9-21(15)20)24-10-11-25-23-2/h3-5,8-9,12,14,17-18H,6-7,10-11,13H2,1-2H3. The Bertz CT molecular complexity index is 789. The third kappa shape index (κ3) is 3.43. The molecule has 2 heterocycles. The molecule has 2 aromatic carbocycles. The van der Waals surface area contributed by atoms with E-state index in [4.69, 9.17) is 8.92 Å². The molecular weight excluding hydrogens is 330 g/mol. The van der Waals surface area contributed by atoms with Crippen molar-refractivity contribution in [2.24, 2.45) is 0 Å². The van der Waals surface area contributed by atoms with Crippen molar-refractivity contribution in [2.75, 3.05) is 26.5 Å². The molecule has 25 heavy (non-hydrogen) atoms. The molecule has 0 saturated carbocycles. The Morgan fingerprint density at radius 2 is 2.12 bits per heavy atom. The zero-order valence-electron chi connectivity index (χ0n) is 14.9. The number of hydrogen-bond acceptors (Lipinski definition) is 4. The van der Waals surface area contributed by atoms with E-state index in [1.54, 1.807) is 7.11 Å². The number of likely N-dealkylation sites (N-methyl/N-ethyl adjacent to an activating group) is 1. The lowest BCUT2D eigenvalue weighted by Crippen LogP contribution is -2.34. The van der Waals surface area contributed by atoms with Crippen LogP contribution in [0.5, 0.6) is 5.75 Å². The van der Waals surface area contributed by atoms with E-state index >= 15 is 0 Å². The first-order valence-corrected chi connectivity index (χ1v) is 9.91. The van der Waals surface area contributed by atoms with Gasteiger partial charge in [-0.2, -0.15) is 0 Å². The summed E-state index contributed by atoms with van der Waals surface area (Å²) in [6.07, 6.45) is 6.28. The van der Waals surface area contributed by atoms with Gasteiger partial charge < -0.3 is 8.92 Å². The lowest BCUT2D eigenvalue weighted by atomic mass is 9.91. The first kappa shape index (κ1) is 17.0. The maximum Gasteiger partial charge on any atom is 0.119 e. The van der Waals surface area contributed by atoms with E-state index in [1.165, 1.54) is 53.2 Å². The molecule has 1 saturated heterocycles. The second-order valence-corrected chi connectivity index (χ2v) is 7.86. The van der Waals surface area contributed by atoms with Gasteiger partial charge in [0.05, 0.1) is 19.5 Å². The van der Waals surface area contributed by atoms with Gasteiger partial charge in [-0.1, -0.05) is 30.3 Å². The molecule has 0 radical (unpaired) electrons. The van der Waals surface area contributed by atoms with Crippen molar-refractivity contribution < 1.29 is 8.92 Å². The highest BCUT2D eigenvalue weighted by atomic mass is 32.2. The number of rotatable bonds is 6. The van der Waals surface area contributed by atoms with Gasteiger partial charge in [-0.3, -0.25) is 4.90 Å². The van der Waals surface area contributed by atoms with Gasteiger partial charge in [0.1, 0.15) is 5.75 Å². The second kappa shape index (κ2) is 7.40. The first-order valence-electron chi connectivity index (χ1n) is 9.00. The van der Waals surface area contributed by atoms with E-state index in [1.807, 2.05) is 0 Å². The Hall–Kier alpha value is -1.49. The quantitative estimate of drug-likeness (QED) is 0.550. The average molecular weight is 356 g/mol. The highest BCUT2D eigenvalue weighted by Crippen LogP contribution is 2.39. The van der Waals surface area contributed by atoms with Crippen molar-refractivity contribution in [3.8, 4) is 5.75 Å². The molecule has 1 fully saturated rings. The fourth-order valence-electron chi connectivity index (χ4n) is 4.15. The Labute approximate surface area is 154 Å². The minimum atomic E-state index is 0.616. The van der Waals surface area contributed by atoms with Crippen molar-refractivity contribution in [3.05, 3.63) is 48.0 Å². The summed E-state index contributed by atoms with van der Waals surface area (Å²) in [7, 11) is 3.95. The van der Waals surface area contributed by atoms with Gasteiger partial charge in [0, 0.05) is 12.1 Å². The molecule has 0 amide bonds. The lowest BCUT2D eigenvalue weighted by molar-refractivity contribution is 0.264. The topological polar surface area (TPSA) is 21.7 Å². The number of nitrogens with zero attached hydrogens (tertiary/aromatic N) is 1. The Balaban J connectivity index is 1.59. The van der Waals surface area contributed by atoms with Gasteiger partial charge in [-0.05, 0) is 72.4 Å². The van der Waals surface area contributed by atoms with Gasteiger partial charge >= 0.3 is 0 Å². The van der Waals surface area contributed by atoms with Crippen LogP contribution in [0.15, 0.2) is 42.5 Å². The third-order valence-electron chi connectivity index (χ3n) is 5.49. The predicted molar refractivity (Wildman–Crippen MR) is 106 cm³/mol. The summed E-state index contributed by atoms with van der Waals surface area (Å²) in [5.74, 6) is 1.76. The molecule has 2 aliphatic heterocycles. The monoisotopic (exact) mass is 355 g/mol. The summed E-state index contributed by atoms with van der Waals surface area (Å²) in [5.41, 5.74) is 2.91. The van der Waals surface area contributed by atoms with Crippen LogP contribution in [0.2, 0.25) is 0 Å². The van der Waals surface area contributed by atoms with Crippen LogP contribution in [0, 0.1) is 0 Å². The van der Waals surface area contributed by atoms with Gasteiger partial charge in [0.25, 0.3) is 0 Å². The van der Waals surface area contributed by atoms with Crippen LogP contribution < -0.4 is 4.74 Å². The Kier molecular flexibility index (Phi) is 5.02. The first-order chi connectivity index (χ1) is 12.3.